The molecule has 0 radical (unpaired) electrons. The molecule has 0 aliphatic carbocycles. The Balaban J connectivity index is 1.86. The lowest BCUT2D eigenvalue weighted by Crippen LogP contribution is -2.19. The van der Waals surface area contributed by atoms with Crippen molar-refractivity contribution in [1.82, 2.24) is 9.55 Å². The van der Waals surface area contributed by atoms with Crippen molar-refractivity contribution < 1.29 is 4.79 Å². The summed E-state index contributed by atoms with van der Waals surface area (Å²) in [7, 11) is 1.91. The Morgan fingerprint density at radius 1 is 1.24 bits per heavy atom. The number of imidazole rings is 1. The second-order valence-electron chi connectivity index (χ2n) is 5.68. The predicted molar refractivity (Wildman–Crippen MR) is 103 cm³/mol. The zero-order valence-electron chi connectivity index (χ0n) is 13.9. The number of aryl methyl sites for hydroxylation is 2. The highest BCUT2D eigenvalue weighted by Crippen LogP contribution is 2.35. The maximum absolute atomic E-state index is 12.9. The van der Waals surface area contributed by atoms with Crippen molar-refractivity contribution in [2.24, 2.45) is 7.05 Å². The number of carbonyl (C=O) groups is 1. The molecule has 3 rings (SSSR count). The summed E-state index contributed by atoms with van der Waals surface area (Å²) in [5, 5.41) is 3.96. The van der Waals surface area contributed by atoms with E-state index < -0.39 is 5.25 Å². The van der Waals surface area contributed by atoms with Crippen LogP contribution in [0.1, 0.15) is 16.4 Å². The minimum atomic E-state index is -0.414. The number of nitrogens with zero attached hydrogens (tertiary/aromatic N) is 2. The van der Waals surface area contributed by atoms with Crippen LogP contribution >= 0.6 is 23.4 Å². The van der Waals surface area contributed by atoms with Crippen molar-refractivity contribution in [3.8, 4) is 0 Å². The summed E-state index contributed by atoms with van der Waals surface area (Å²) >= 11 is 7.58. The van der Waals surface area contributed by atoms with Crippen molar-refractivity contribution in [2.45, 2.75) is 17.3 Å². The third kappa shape index (κ3) is 4.24. The van der Waals surface area contributed by atoms with Gasteiger partial charge in [0.15, 0.2) is 5.16 Å². The first kappa shape index (κ1) is 17.6. The van der Waals surface area contributed by atoms with Crippen LogP contribution in [0.4, 0.5) is 5.69 Å². The largest absolute Gasteiger partial charge is 0.329 e. The number of rotatable bonds is 5. The van der Waals surface area contributed by atoms with Crippen LogP contribution in [0.3, 0.4) is 0 Å². The average Bonchev–Trinajstić information content (AvgIpc) is 3.01. The number of aromatic nitrogens is 2. The summed E-state index contributed by atoms with van der Waals surface area (Å²) in [6.07, 6.45) is 3.59. The van der Waals surface area contributed by atoms with E-state index in [1.165, 1.54) is 11.8 Å². The summed E-state index contributed by atoms with van der Waals surface area (Å²) in [4.78, 5) is 17.3. The predicted octanol–water partition coefficient (Wildman–Crippen LogP) is 4.85. The molecule has 128 valence electrons. The fourth-order valence-electron chi connectivity index (χ4n) is 2.35. The van der Waals surface area contributed by atoms with Crippen LogP contribution in [0.15, 0.2) is 66.1 Å². The van der Waals surface area contributed by atoms with E-state index in [-0.39, 0.29) is 5.91 Å². The molecule has 1 atom stereocenters. The van der Waals surface area contributed by atoms with E-state index in [2.05, 4.69) is 10.3 Å². The number of halogens is 1. The number of anilines is 1. The normalized spacial score (nSPS) is 12.0. The molecule has 25 heavy (non-hydrogen) atoms. The van der Waals surface area contributed by atoms with Gasteiger partial charge in [-0.2, -0.15) is 0 Å². The Kier molecular flexibility index (Phi) is 5.46. The van der Waals surface area contributed by atoms with E-state index in [0.717, 1.165) is 16.3 Å². The van der Waals surface area contributed by atoms with Gasteiger partial charge in [-0.05, 0) is 30.2 Å². The number of benzene rings is 2. The number of amides is 1. The van der Waals surface area contributed by atoms with E-state index in [1.807, 2.05) is 67.2 Å². The van der Waals surface area contributed by atoms with Gasteiger partial charge in [0.1, 0.15) is 5.25 Å². The van der Waals surface area contributed by atoms with Gasteiger partial charge in [0.05, 0.1) is 0 Å². The third-order valence-electron chi connectivity index (χ3n) is 3.78. The SMILES string of the molecule is Cc1ccc(NC(=O)[C@@H](Sc2nccn2C)c2ccccc2)cc1Cl. The Labute approximate surface area is 156 Å². The van der Waals surface area contributed by atoms with E-state index >= 15 is 0 Å². The highest BCUT2D eigenvalue weighted by Gasteiger charge is 2.24. The van der Waals surface area contributed by atoms with Crippen LogP contribution in [0, 0.1) is 6.92 Å². The van der Waals surface area contributed by atoms with E-state index in [4.69, 9.17) is 11.6 Å². The molecule has 1 heterocycles. The molecular weight excluding hydrogens is 354 g/mol. The molecule has 0 aliphatic rings. The summed E-state index contributed by atoms with van der Waals surface area (Å²) in [5.41, 5.74) is 2.58. The smallest absolute Gasteiger partial charge is 0.242 e. The zero-order chi connectivity index (χ0) is 17.8. The van der Waals surface area contributed by atoms with Crippen LogP contribution in [0.5, 0.6) is 0 Å². The van der Waals surface area contributed by atoms with Gasteiger partial charge in [-0.3, -0.25) is 4.79 Å². The van der Waals surface area contributed by atoms with Crippen molar-refractivity contribution in [3.05, 3.63) is 77.1 Å². The molecule has 0 saturated carbocycles. The molecule has 0 saturated heterocycles. The molecule has 1 amide bonds. The Bertz CT molecular complexity index is 879. The van der Waals surface area contributed by atoms with Crippen LogP contribution in [-0.2, 0) is 11.8 Å². The van der Waals surface area contributed by atoms with Crippen molar-refractivity contribution in [3.63, 3.8) is 0 Å². The monoisotopic (exact) mass is 371 g/mol. The Hall–Kier alpha value is -2.24. The van der Waals surface area contributed by atoms with E-state index in [0.29, 0.717) is 10.7 Å². The van der Waals surface area contributed by atoms with Crippen LogP contribution < -0.4 is 5.32 Å². The van der Waals surface area contributed by atoms with Crippen molar-refractivity contribution in [2.75, 3.05) is 5.32 Å². The molecule has 0 spiro atoms. The highest BCUT2D eigenvalue weighted by molar-refractivity contribution is 8.00. The van der Waals surface area contributed by atoms with E-state index in [1.54, 1.807) is 12.3 Å². The topological polar surface area (TPSA) is 46.9 Å². The summed E-state index contributed by atoms with van der Waals surface area (Å²) in [6, 6.07) is 15.2. The molecule has 1 aromatic heterocycles. The van der Waals surface area contributed by atoms with Crippen LogP contribution in [-0.4, -0.2) is 15.5 Å². The van der Waals surface area contributed by atoms with Gasteiger partial charge in [-0.1, -0.05) is 59.8 Å². The molecule has 0 unspecified atom stereocenters. The fourth-order valence-corrected chi connectivity index (χ4v) is 3.55. The van der Waals surface area contributed by atoms with Gasteiger partial charge in [0, 0.05) is 30.2 Å². The second-order valence-corrected chi connectivity index (χ2v) is 7.16. The molecule has 3 aromatic rings. The van der Waals surface area contributed by atoms with Gasteiger partial charge in [-0.25, -0.2) is 4.98 Å². The standard InChI is InChI=1S/C19H18ClN3OS/c1-13-8-9-15(12-16(13)20)22-18(24)17(14-6-4-3-5-7-14)25-19-21-10-11-23(19)2/h3-12,17H,1-2H3,(H,22,24)/t17-/m0/s1. The van der Waals surface area contributed by atoms with Gasteiger partial charge in [0.2, 0.25) is 5.91 Å². The van der Waals surface area contributed by atoms with Crippen molar-refractivity contribution >= 4 is 35.0 Å². The summed E-state index contributed by atoms with van der Waals surface area (Å²) in [5.74, 6) is -0.112. The maximum atomic E-state index is 12.9. The average molecular weight is 372 g/mol. The highest BCUT2D eigenvalue weighted by atomic mass is 35.5. The van der Waals surface area contributed by atoms with Gasteiger partial charge in [-0.15, -0.1) is 0 Å². The minimum Gasteiger partial charge on any atom is -0.329 e. The number of hydrogen-bond donors (Lipinski definition) is 1. The Morgan fingerprint density at radius 3 is 2.64 bits per heavy atom. The molecule has 4 nitrogen and oxygen atoms in total. The summed E-state index contributed by atoms with van der Waals surface area (Å²) in [6.45, 7) is 1.93. The van der Waals surface area contributed by atoms with Crippen LogP contribution in [0.2, 0.25) is 5.02 Å². The zero-order valence-corrected chi connectivity index (χ0v) is 15.5. The van der Waals surface area contributed by atoms with Crippen molar-refractivity contribution in [1.29, 1.82) is 0 Å². The first-order chi connectivity index (χ1) is 12.0. The minimum absolute atomic E-state index is 0.112. The third-order valence-corrected chi connectivity index (χ3v) is 5.51. The van der Waals surface area contributed by atoms with E-state index in [9.17, 15) is 4.79 Å². The second kappa shape index (κ2) is 7.76. The van der Waals surface area contributed by atoms with Crippen LogP contribution in [0.25, 0.3) is 0 Å². The lowest BCUT2D eigenvalue weighted by atomic mass is 10.1. The van der Waals surface area contributed by atoms with Gasteiger partial charge < -0.3 is 9.88 Å². The molecule has 0 fully saturated rings. The first-order valence-corrected chi connectivity index (χ1v) is 9.06. The molecule has 2 aromatic carbocycles. The lowest BCUT2D eigenvalue weighted by molar-refractivity contribution is -0.115. The number of nitrogens with one attached hydrogen (secondary N) is 1. The number of thioether (sulfide) groups is 1. The maximum Gasteiger partial charge on any atom is 0.242 e. The summed E-state index contributed by atoms with van der Waals surface area (Å²) < 4.78 is 1.90. The first-order valence-electron chi connectivity index (χ1n) is 7.80. The number of carbonyl (C=O) groups excluding carboxylic acids is 1. The fraction of sp³-hybridized carbons (Fsp3) is 0.158. The number of hydrogen-bond acceptors (Lipinski definition) is 3. The Morgan fingerprint density at radius 2 is 2.00 bits per heavy atom. The quantitative estimate of drug-likeness (QED) is 0.652. The van der Waals surface area contributed by atoms with Gasteiger partial charge >= 0.3 is 0 Å². The van der Waals surface area contributed by atoms with Gasteiger partial charge in [0.25, 0.3) is 0 Å². The molecule has 0 aliphatic heterocycles. The molecule has 1 N–H and O–H groups in total. The molecule has 6 heteroatoms. The lowest BCUT2D eigenvalue weighted by Gasteiger charge is -2.17. The molecule has 0 bridgehead atoms. The molecular formula is C19H18ClN3OS.